The third kappa shape index (κ3) is 4.71. The lowest BCUT2D eigenvalue weighted by Gasteiger charge is -2.19. The molecule has 2 amide bonds. The van der Waals surface area contributed by atoms with E-state index in [1.54, 1.807) is 28.0 Å². The molecule has 2 heterocycles. The molecule has 0 radical (unpaired) electrons. The molecule has 19 heavy (non-hydrogen) atoms. The lowest BCUT2D eigenvalue weighted by atomic mass is 10.4. The minimum atomic E-state index is 0.0242. The monoisotopic (exact) mass is 318 g/mol. The van der Waals surface area contributed by atoms with Crippen LogP contribution in [0.3, 0.4) is 0 Å². The van der Waals surface area contributed by atoms with E-state index in [1.807, 2.05) is 12.1 Å². The third-order valence-electron chi connectivity index (χ3n) is 2.76. The van der Waals surface area contributed by atoms with Crippen molar-refractivity contribution in [2.45, 2.75) is 12.2 Å². The first kappa shape index (κ1) is 14.7. The van der Waals surface area contributed by atoms with Crippen molar-refractivity contribution < 1.29 is 9.59 Å². The molecule has 1 aliphatic rings. The van der Waals surface area contributed by atoms with E-state index >= 15 is 0 Å². The van der Waals surface area contributed by atoms with Crippen molar-refractivity contribution in [1.29, 1.82) is 0 Å². The highest BCUT2D eigenvalue weighted by molar-refractivity contribution is 7.99. The highest BCUT2D eigenvalue weighted by Crippen LogP contribution is 2.25. The molecule has 1 aromatic rings. The first-order valence-corrected chi connectivity index (χ1v) is 8.36. The van der Waals surface area contributed by atoms with Crippen molar-refractivity contribution in [3.05, 3.63) is 21.3 Å². The predicted octanol–water partition coefficient (Wildman–Crippen LogP) is 1.98. The van der Waals surface area contributed by atoms with Gasteiger partial charge in [0.25, 0.3) is 0 Å². The van der Waals surface area contributed by atoms with Crippen LogP contribution < -0.4 is 5.32 Å². The van der Waals surface area contributed by atoms with Gasteiger partial charge in [0, 0.05) is 36.7 Å². The van der Waals surface area contributed by atoms with E-state index in [4.69, 9.17) is 11.6 Å². The Morgan fingerprint density at radius 2 is 2.32 bits per heavy atom. The molecule has 0 aromatic carbocycles. The van der Waals surface area contributed by atoms with Gasteiger partial charge < -0.3 is 10.2 Å². The molecule has 1 saturated heterocycles. The molecule has 0 bridgehead atoms. The summed E-state index contributed by atoms with van der Waals surface area (Å²) in [5.74, 6) is 1.37. The van der Waals surface area contributed by atoms with Crippen LogP contribution in [-0.4, -0.2) is 42.1 Å². The van der Waals surface area contributed by atoms with E-state index in [2.05, 4.69) is 5.32 Å². The first-order chi connectivity index (χ1) is 9.15. The van der Waals surface area contributed by atoms with Crippen molar-refractivity contribution >= 4 is 46.5 Å². The van der Waals surface area contributed by atoms with Crippen LogP contribution >= 0.6 is 34.7 Å². The summed E-state index contributed by atoms with van der Waals surface area (Å²) >= 11 is 8.98. The van der Waals surface area contributed by atoms with Gasteiger partial charge in [0.1, 0.15) is 0 Å². The van der Waals surface area contributed by atoms with Gasteiger partial charge in [-0.1, -0.05) is 11.6 Å². The fourth-order valence-electron chi connectivity index (χ4n) is 1.78. The van der Waals surface area contributed by atoms with Crippen molar-refractivity contribution in [1.82, 2.24) is 10.2 Å². The Morgan fingerprint density at radius 1 is 1.47 bits per heavy atom. The molecular formula is C12H15ClN2O2S2. The summed E-state index contributed by atoms with van der Waals surface area (Å²) in [4.78, 5) is 26.1. The molecule has 1 aromatic heterocycles. The van der Waals surface area contributed by atoms with Crippen LogP contribution in [0.4, 0.5) is 0 Å². The number of halogens is 1. The lowest BCUT2D eigenvalue weighted by Crippen LogP contribution is -2.35. The predicted molar refractivity (Wildman–Crippen MR) is 79.7 cm³/mol. The minimum absolute atomic E-state index is 0.0242. The van der Waals surface area contributed by atoms with Gasteiger partial charge in [-0.15, -0.1) is 23.1 Å². The van der Waals surface area contributed by atoms with Gasteiger partial charge in [-0.3, -0.25) is 9.59 Å². The van der Waals surface area contributed by atoms with E-state index in [0.29, 0.717) is 31.8 Å². The number of rotatable bonds is 4. The van der Waals surface area contributed by atoms with Crippen LogP contribution in [0.15, 0.2) is 12.1 Å². The van der Waals surface area contributed by atoms with E-state index in [-0.39, 0.29) is 11.8 Å². The summed E-state index contributed by atoms with van der Waals surface area (Å²) in [6.45, 7) is 1.68. The SMILES string of the molecule is O=C1CCN(C(=O)CSCc2ccc(Cl)s2)CCN1. The second kappa shape index (κ2) is 7.17. The second-order valence-electron chi connectivity index (χ2n) is 4.18. The number of amides is 2. The van der Waals surface area contributed by atoms with Crippen molar-refractivity contribution in [2.24, 2.45) is 0 Å². The fourth-order valence-corrected chi connectivity index (χ4v) is 3.90. The zero-order valence-corrected chi connectivity index (χ0v) is 12.7. The quantitative estimate of drug-likeness (QED) is 0.923. The van der Waals surface area contributed by atoms with Crippen LogP contribution in [-0.2, 0) is 15.3 Å². The molecule has 0 atom stereocenters. The van der Waals surface area contributed by atoms with Gasteiger partial charge in [0.2, 0.25) is 11.8 Å². The number of nitrogens with zero attached hydrogens (tertiary/aromatic N) is 1. The van der Waals surface area contributed by atoms with Crippen molar-refractivity contribution in [3.8, 4) is 0 Å². The summed E-state index contributed by atoms with van der Waals surface area (Å²) in [5, 5.41) is 2.76. The average molecular weight is 319 g/mol. The number of carbonyl (C=O) groups is 2. The molecule has 2 rings (SSSR count). The Bertz CT molecular complexity index is 464. The molecule has 1 fully saturated rings. The summed E-state index contributed by atoms with van der Waals surface area (Å²) in [6.07, 6.45) is 0.400. The molecule has 0 spiro atoms. The smallest absolute Gasteiger partial charge is 0.232 e. The maximum Gasteiger partial charge on any atom is 0.232 e. The van der Waals surface area contributed by atoms with Crippen LogP contribution in [0.5, 0.6) is 0 Å². The van der Waals surface area contributed by atoms with Crippen LogP contribution in [0.25, 0.3) is 0 Å². The second-order valence-corrected chi connectivity index (χ2v) is 6.96. The fraction of sp³-hybridized carbons (Fsp3) is 0.500. The Labute approximate surface area is 125 Å². The highest BCUT2D eigenvalue weighted by atomic mass is 35.5. The van der Waals surface area contributed by atoms with Gasteiger partial charge >= 0.3 is 0 Å². The van der Waals surface area contributed by atoms with Gasteiger partial charge in [-0.25, -0.2) is 0 Å². The molecule has 4 nitrogen and oxygen atoms in total. The Kier molecular flexibility index (Phi) is 5.54. The maximum absolute atomic E-state index is 12.0. The average Bonchev–Trinajstić information content (AvgIpc) is 2.66. The maximum atomic E-state index is 12.0. The van der Waals surface area contributed by atoms with Gasteiger partial charge in [-0.2, -0.15) is 0 Å². The zero-order valence-electron chi connectivity index (χ0n) is 10.4. The molecule has 1 aliphatic heterocycles. The normalized spacial score (nSPS) is 16.1. The van der Waals surface area contributed by atoms with Crippen LogP contribution in [0.1, 0.15) is 11.3 Å². The number of thiophene rings is 1. The standard InChI is InChI=1S/C12H15ClN2O2S2/c13-10-2-1-9(19-10)7-18-8-12(17)15-5-3-11(16)14-4-6-15/h1-2H,3-8H2,(H,14,16). The van der Waals surface area contributed by atoms with Crippen LogP contribution in [0, 0.1) is 0 Å². The number of hydrogen-bond donors (Lipinski definition) is 1. The number of carbonyl (C=O) groups excluding carboxylic acids is 2. The summed E-state index contributed by atoms with van der Waals surface area (Å²) in [5.41, 5.74) is 0. The number of hydrogen-bond acceptors (Lipinski definition) is 4. The number of nitrogens with one attached hydrogen (secondary N) is 1. The van der Waals surface area contributed by atoms with E-state index in [9.17, 15) is 9.59 Å². The summed E-state index contributed by atoms with van der Waals surface area (Å²) in [6, 6.07) is 3.86. The van der Waals surface area contributed by atoms with E-state index in [0.717, 1.165) is 10.1 Å². The van der Waals surface area contributed by atoms with Crippen molar-refractivity contribution in [2.75, 3.05) is 25.4 Å². The topological polar surface area (TPSA) is 49.4 Å². The van der Waals surface area contributed by atoms with Crippen LogP contribution in [0.2, 0.25) is 4.34 Å². The molecule has 104 valence electrons. The van der Waals surface area contributed by atoms with Gasteiger partial charge in [-0.05, 0) is 12.1 Å². The van der Waals surface area contributed by atoms with Gasteiger partial charge in [0.15, 0.2) is 0 Å². The van der Waals surface area contributed by atoms with Crippen molar-refractivity contribution in [3.63, 3.8) is 0 Å². The molecule has 0 saturated carbocycles. The number of thioether (sulfide) groups is 1. The van der Waals surface area contributed by atoms with E-state index < -0.39 is 0 Å². The molecule has 7 heteroatoms. The highest BCUT2D eigenvalue weighted by Gasteiger charge is 2.18. The lowest BCUT2D eigenvalue weighted by molar-refractivity contribution is -0.128. The Hall–Kier alpha value is -0.720. The van der Waals surface area contributed by atoms with E-state index in [1.165, 1.54) is 4.88 Å². The molecule has 0 aliphatic carbocycles. The third-order valence-corrected chi connectivity index (χ3v) is 5.14. The Balaban J connectivity index is 1.73. The van der Waals surface area contributed by atoms with Gasteiger partial charge in [0.05, 0.1) is 10.1 Å². The summed E-state index contributed by atoms with van der Waals surface area (Å²) in [7, 11) is 0. The molecule has 1 N–H and O–H groups in total. The summed E-state index contributed by atoms with van der Waals surface area (Å²) < 4.78 is 0.777. The largest absolute Gasteiger partial charge is 0.354 e. The minimum Gasteiger partial charge on any atom is -0.354 e. The molecular weight excluding hydrogens is 304 g/mol. The Morgan fingerprint density at radius 3 is 3.05 bits per heavy atom. The molecule has 0 unspecified atom stereocenters. The first-order valence-electron chi connectivity index (χ1n) is 6.01. The zero-order chi connectivity index (χ0) is 13.7.